The van der Waals surface area contributed by atoms with Gasteiger partial charge in [-0.1, -0.05) is 28.9 Å². The van der Waals surface area contributed by atoms with E-state index in [9.17, 15) is 4.79 Å². The van der Waals surface area contributed by atoms with Gasteiger partial charge in [-0.05, 0) is 38.5 Å². The zero-order valence-corrected chi connectivity index (χ0v) is 14.4. The Balaban J connectivity index is 1.88. The second kappa shape index (κ2) is 8.13. The molecule has 2 aromatic rings. The Morgan fingerprint density at radius 1 is 1.39 bits per heavy atom. The first kappa shape index (κ1) is 17.5. The van der Waals surface area contributed by atoms with Crippen molar-refractivity contribution in [3.05, 3.63) is 46.7 Å². The first-order chi connectivity index (χ1) is 10.9. The highest BCUT2D eigenvalue weighted by molar-refractivity contribution is 6.30. The predicted octanol–water partition coefficient (Wildman–Crippen LogP) is 3.88. The number of aryl methyl sites for hydroxylation is 1. The molecular formula is C17H22ClN3O2. The van der Waals surface area contributed by atoms with E-state index in [1.54, 1.807) is 13.0 Å². The molecule has 0 aliphatic heterocycles. The number of aromatic nitrogens is 1. The van der Waals surface area contributed by atoms with Gasteiger partial charge >= 0.3 is 0 Å². The molecule has 0 aliphatic rings. The van der Waals surface area contributed by atoms with E-state index >= 15 is 0 Å². The smallest absolute Gasteiger partial charge is 0.226 e. The average Bonchev–Trinajstić information content (AvgIpc) is 2.88. The van der Waals surface area contributed by atoms with Crippen LogP contribution in [0, 0.1) is 6.92 Å². The molecule has 0 atom stereocenters. The number of nitrogens with one attached hydrogen (secondary N) is 1. The van der Waals surface area contributed by atoms with Crippen molar-refractivity contribution in [3.8, 4) is 0 Å². The number of nitrogens with zero attached hydrogens (tertiary/aromatic N) is 2. The van der Waals surface area contributed by atoms with Crippen molar-refractivity contribution in [2.75, 3.05) is 11.9 Å². The van der Waals surface area contributed by atoms with Crippen LogP contribution in [0.25, 0.3) is 0 Å². The van der Waals surface area contributed by atoms with Crippen molar-refractivity contribution in [3.63, 3.8) is 0 Å². The molecule has 23 heavy (non-hydrogen) atoms. The van der Waals surface area contributed by atoms with E-state index in [0.29, 0.717) is 30.6 Å². The summed E-state index contributed by atoms with van der Waals surface area (Å²) in [6.45, 7) is 7.43. The standard InChI is InChI=1S/C17H22ClN3O2/c1-12(2)21(11-14-5-4-6-15(18)10-14)8-7-17(22)19-16-9-13(3)23-20-16/h4-6,9-10,12H,7-8,11H2,1-3H3,(H,19,20,22). The molecular weight excluding hydrogens is 314 g/mol. The van der Waals surface area contributed by atoms with Crippen LogP contribution in [0.1, 0.15) is 31.6 Å². The second-order valence-corrected chi connectivity index (χ2v) is 6.25. The van der Waals surface area contributed by atoms with Crippen LogP contribution in [0.15, 0.2) is 34.9 Å². The van der Waals surface area contributed by atoms with Gasteiger partial charge in [-0.25, -0.2) is 0 Å². The number of anilines is 1. The Kier molecular flexibility index (Phi) is 6.19. The molecule has 1 aromatic carbocycles. The Morgan fingerprint density at radius 3 is 2.78 bits per heavy atom. The predicted molar refractivity (Wildman–Crippen MR) is 91.5 cm³/mol. The minimum atomic E-state index is -0.0740. The number of hydrogen-bond acceptors (Lipinski definition) is 4. The molecule has 0 bridgehead atoms. The maximum Gasteiger partial charge on any atom is 0.226 e. The van der Waals surface area contributed by atoms with Crippen molar-refractivity contribution in [1.29, 1.82) is 0 Å². The monoisotopic (exact) mass is 335 g/mol. The highest BCUT2D eigenvalue weighted by Gasteiger charge is 2.13. The van der Waals surface area contributed by atoms with Gasteiger partial charge in [0, 0.05) is 36.6 Å². The van der Waals surface area contributed by atoms with Crippen LogP contribution in [0.2, 0.25) is 5.02 Å². The van der Waals surface area contributed by atoms with Gasteiger partial charge in [0.15, 0.2) is 5.82 Å². The molecule has 0 radical (unpaired) electrons. The van der Waals surface area contributed by atoms with Crippen LogP contribution < -0.4 is 5.32 Å². The van der Waals surface area contributed by atoms with E-state index in [-0.39, 0.29) is 5.91 Å². The number of hydrogen-bond donors (Lipinski definition) is 1. The third kappa shape index (κ3) is 5.69. The molecule has 1 heterocycles. The van der Waals surface area contributed by atoms with Crippen molar-refractivity contribution >= 4 is 23.3 Å². The maximum absolute atomic E-state index is 12.0. The van der Waals surface area contributed by atoms with Gasteiger partial charge in [0.25, 0.3) is 0 Å². The molecule has 1 N–H and O–H groups in total. The number of halogens is 1. The maximum atomic E-state index is 12.0. The summed E-state index contributed by atoms with van der Waals surface area (Å²) in [5, 5.41) is 7.23. The van der Waals surface area contributed by atoms with E-state index in [1.165, 1.54) is 0 Å². The summed E-state index contributed by atoms with van der Waals surface area (Å²) in [7, 11) is 0. The summed E-state index contributed by atoms with van der Waals surface area (Å²) in [6.07, 6.45) is 0.394. The molecule has 0 saturated carbocycles. The zero-order valence-electron chi connectivity index (χ0n) is 13.7. The molecule has 0 saturated heterocycles. The lowest BCUT2D eigenvalue weighted by Gasteiger charge is -2.26. The molecule has 124 valence electrons. The van der Waals surface area contributed by atoms with E-state index in [1.807, 2.05) is 24.3 Å². The summed E-state index contributed by atoms with van der Waals surface area (Å²) in [5.41, 5.74) is 1.14. The highest BCUT2D eigenvalue weighted by Crippen LogP contribution is 2.15. The molecule has 6 heteroatoms. The van der Waals surface area contributed by atoms with Crippen LogP contribution in [-0.4, -0.2) is 28.6 Å². The molecule has 0 spiro atoms. The van der Waals surface area contributed by atoms with Crippen molar-refractivity contribution in [1.82, 2.24) is 10.1 Å². The van der Waals surface area contributed by atoms with Gasteiger partial charge in [-0.2, -0.15) is 0 Å². The van der Waals surface area contributed by atoms with Gasteiger partial charge in [-0.3, -0.25) is 9.69 Å². The second-order valence-electron chi connectivity index (χ2n) is 5.82. The minimum Gasteiger partial charge on any atom is -0.360 e. The van der Waals surface area contributed by atoms with Crippen LogP contribution in [0.5, 0.6) is 0 Å². The fourth-order valence-electron chi connectivity index (χ4n) is 2.27. The highest BCUT2D eigenvalue weighted by atomic mass is 35.5. The van der Waals surface area contributed by atoms with Crippen molar-refractivity contribution in [2.24, 2.45) is 0 Å². The lowest BCUT2D eigenvalue weighted by atomic mass is 10.2. The summed E-state index contributed by atoms with van der Waals surface area (Å²) in [4.78, 5) is 14.3. The third-order valence-electron chi connectivity index (χ3n) is 3.53. The molecule has 2 rings (SSSR count). The van der Waals surface area contributed by atoms with Crippen LogP contribution in [0.3, 0.4) is 0 Å². The molecule has 1 amide bonds. The van der Waals surface area contributed by atoms with Gasteiger partial charge in [0.2, 0.25) is 5.91 Å². The SMILES string of the molecule is Cc1cc(NC(=O)CCN(Cc2cccc(Cl)c2)C(C)C)no1. The topological polar surface area (TPSA) is 58.4 Å². The zero-order chi connectivity index (χ0) is 16.8. The number of amides is 1. The Labute approximate surface area is 141 Å². The fourth-order valence-corrected chi connectivity index (χ4v) is 2.48. The summed E-state index contributed by atoms with van der Waals surface area (Å²) < 4.78 is 4.93. The lowest BCUT2D eigenvalue weighted by Crippen LogP contribution is -2.33. The number of rotatable bonds is 7. The largest absolute Gasteiger partial charge is 0.360 e. The van der Waals surface area contributed by atoms with Gasteiger partial charge in [0.05, 0.1) is 0 Å². The third-order valence-corrected chi connectivity index (χ3v) is 3.76. The van der Waals surface area contributed by atoms with Crippen LogP contribution in [-0.2, 0) is 11.3 Å². The number of carbonyl (C=O) groups excluding carboxylic acids is 1. The number of carbonyl (C=O) groups is 1. The lowest BCUT2D eigenvalue weighted by molar-refractivity contribution is -0.116. The van der Waals surface area contributed by atoms with E-state index in [0.717, 1.165) is 17.1 Å². The Hall–Kier alpha value is -1.85. The Morgan fingerprint density at radius 2 is 2.17 bits per heavy atom. The van der Waals surface area contributed by atoms with Gasteiger partial charge in [0.1, 0.15) is 5.76 Å². The molecule has 5 nitrogen and oxygen atoms in total. The van der Waals surface area contributed by atoms with Crippen molar-refractivity contribution in [2.45, 2.75) is 39.8 Å². The summed E-state index contributed by atoms with van der Waals surface area (Å²) in [6, 6.07) is 9.82. The van der Waals surface area contributed by atoms with Crippen molar-refractivity contribution < 1.29 is 9.32 Å². The van der Waals surface area contributed by atoms with Gasteiger partial charge < -0.3 is 9.84 Å². The normalized spacial score (nSPS) is 11.2. The van der Waals surface area contributed by atoms with E-state index in [2.05, 4.69) is 29.2 Å². The first-order valence-corrected chi connectivity index (χ1v) is 8.03. The quantitative estimate of drug-likeness (QED) is 0.834. The van der Waals surface area contributed by atoms with Crippen LogP contribution in [0.4, 0.5) is 5.82 Å². The summed E-state index contributed by atoms with van der Waals surface area (Å²) in [5.74, 6) is 1.05. The minimum absolute atomic E-state index is 0.0740. The summed E-state index contributed by atoms with van der Waals surface area (Å²) >= 11 is 6.03. The molecule has 0 unspecified atom stereocenters. The molecule has 0 fully saturated rings. The average molecular weight is 336 g/mol. The van der Waals surface area contributed by atoms with Gasteiger partial charge in [-0.15, -0.1) is 0 Å². The number of benzene rings is 1. The van der Waals surface area contributed by atoms with Crippen LogP contribution >= 0.6 is 11.6 Å². The van der Waals surface area contributed by atoms with E-state index in [4.69, 9.17) is 16.1 Å². The van der Waals surface area contributed by atoms with E-state index < -0.39 is 0 Å². The molecule has 1 aromatic heterocycles. The molecule has 0 aliphatic carbocycles. The fraction of sp³-hybridized carbons (Fsp3) is 0.412. The Bertz CT molecular complexity index is 655. The first-order valence-electron chi connectivity index (χ1n) is 7.65.